The van der Waals surface area contributed by atoms with Crippen LogP contribution in [0.4, 0.5) is 0 Å². The van der Waals surface area contributed by atoms with Crippen molar-refractivity contribution in [2.45, 2.75) is 0 Å². The summed E-state index contributed by atoms with van der Waals surface area (Å²) in [7, 11) is 0. The summed E-state index contributed by atoms with van der Waals surface area (Å²) in [5.74, 6) is 2.77. The fraction of sp³-hybridized carbons (Fsp3) is 0. The Kier molecular flexibility index (Phi) is 7.40. The van der Waals surface area contributed by atoms with Gasteiger partial charge in [-0.2, -0.15) is 0 Å². The van der Waals surface area contributed by atoms with E-state index in [9.17, 15) is 0 Å². The maximum absolute atomic E-state index is 5.11. The fourth-order valence-electron chi connectivity index (χ4n) is 7.10. The van der Waals surface area contributed by atoms with Crippen molar-refractivity contribution in [2.24, 2.45) is 0 Å². The molecule has 0 fully saturated rings. The third-order valence-corrected chi connectivity index (χ3v) is 9.85. The van der Waals surface area contributed by atoms with E-state index in [1.165, 1.54) is 21.9 Å². The lowest BCUT2D eigenvalue weighted by Crippen LogP contribution is -2.01. The van der Waals surface area contributed by atoms with E-state index in [2.05, 4.69) is 180 Å². The van der Waals surface area contributed by atoms with Crippen LogP contribution in [0.3, 0.4) is 0 Å². The van der Waals surface area contributed by atoms with Gasteiger partial charge in [-0.3, -0.25) is 4.57 Å². The molecule has 0 aliphatic heterocycles. The van der Waals surface area contributed by atoms with E-state index < -0.39 is 0 Å². The smallest absolute Gasteiger partial charge is 0.164 e. The minimum atomic E-state index is 0.616. The van der Waals surface area contributed by atoms with Crippen molar-refractivity contribution in [1.82, 2.24) is 24.5 Å². The Balaban J connectivity index is 1.08. The quantitative estimate of drug-likeness (QED) is 0.176. The monoisotopic (exact) mass is 677 g/mol. The number of aromatic nitrogens is 5. The van der Waals surface area contributed by atoms with E-state index in [1.54, 1.807) is 0 Å². The molecule has 53 heavy (non-hydrogen) atoms. The van der Waals surface area contributed by atoms with E-state index in [0.29, 0.717) is 17.5 Å². The Morgan fingerprint density at radius 3 is 1.38 bits per heavy atom. The van der Waals surface area contributed by atoms with Gasteiger partial charge < -0.3 is 0 Å². The summed E-state index contributed by atoms with van der Waals surface area (Å²) < 4.78 is 2.23. The molecule has 0 radical (unpaired) electrons. The molecule has 5 heteroatoms. The number of nitrogens with zero attached hydrogens (tertiary/aromatic N) is 5. The topological polar surface area (TPSA) is 56.5 Å². The number of fused-ring (bicyclic) bond motifs is 3. The van der Waals surface area contributed by atoms with Crippen molar-refractivity contribution < 1.29 is 0 Å². The second-order valence-electron chi connectivity index (χ2n) is 13.2. The first-order valence-corrected chi connectivity index (χ1v) is 17.7. The zero-order valence-corrected chi connectivity index (χ0v) is 28.6. The molecule has 0 bridgehead atoms. The summed E-state index contributed by atoms with van der Waals surface area (Å²) in [6.07, 6.45) is 0. The van der Waals surface area contributed by atoms with Crippen LogP contribution in [0.25, 0.3) is 94.9 Å². The molecule has 2 aromatic heterocycles. The van der Waals surface area contributed by atoms with Crippen LogP contribution in [0.1, 0.15) is 0 Å². The van der Waals surface area contributed by atoms with Gasteiger partial charge in [0.15, 0.2) is 17.5 Å². The highest BCUT2D eigenvalue weighted by Crippen LogP contribution is 2.33. The molecular formula is C48H31N5. The number of rotatable bonds is 6. The Bertz CT molecular complexity index is 2830. The van der Waals surface area contributed by atoms with Gasteiger partial charge in [-0.1, -0.05) is 140 Å². The third kappa shape index (κ3) is 5.71. The Hall–Kier alpha value is -7.24. The first-order chi connectivity index (χ1) is 26.2. The van der Waals surface area contributed by atoms with Gasteiger partial charge in [-0.05, 0) is 81.2 Å². The van der Waals surface area contributed by atoms with Gasteiger partial charge in [0, 0.05) is 27.9 Å². The number of para-hydroxylation sites is 2. The van der Waals surface area contributed by atoms with Gasteiger partial charge in [-0.15, -0.1) is 0 Å². The summed E-state index contributed by atoms with van der Waals surface area (Å²) in [5.41, 5.74) is 9.18. The molecule has 248 valence electrons. The molecule has 0 aliphatic carbocycles. The predicted octanol–water partition coefficient (Wildman–Crippen LogP) is 11.9. The first kappa shape index (κ1) is 30.6. The standard InChI is InChI=1S/C48H31N5/c1-2-10-32(11-3-1)35-18-22-37(23-19-35)48-49-43-16-8-9-17-44(43)53(48)42-28-26-36(27-29-42)45-50-46(40-24-20-33-12-4-6-14-38(33)30-40)52-47(51-45)41-25-21-34-13-5-7-15-39(34)31-41/h1-31H. The Labute approximate surface area is 306 Å². The summed E-state index contributed by atoms with van der Waals surface area (Å²) >= 11 is 0. The number of hydrogen-bond acceptors (Lipinski definition) is 4. The van der Waals surface area contributed by atoms with Gasteiger partial charge in [0.05, 0.1) is 11.0 Å². The summed E-state index contributed by atoms with van der Waals surface area (Å²) in [5, 5.41) is 4.63. The van der Waals surface area contributed by atoms with Gasteiger partial charge in [0.1, 0.15) is 5.82 Å². The SMILES string of the molecule is c1ccc(-c2ccc(-c3nc4ccccc4n3-c3ccc(-c4nc(-c5ccc6ccccc6c5)nc(-c5ccc6ccccc6c5)n4)cc3)cc2)cc1. The van der Waals surface area contributed by atoms with Gasteiger partial charge in [-0.25, -0.2) is 19.9 Å². The molecule has 8 aromatic carbocycles. The van der Waals surface area contributed by atoms with Crippen molar-refractivity contribution in [1.29, 1.82) is 0 Å². The summed E-state index contributed by atoms with van der Waals surface area (Å²) in [4.78, 5) is 20.3. The normalized spacial score (nSPS) is 11.4. The van der Waals surface area contributed by atoms with Crippen LogP contribution in [-0.4, -0.2) is 24.5 Å². The molecule has 0 amide bonds. The van der Waals surface area contributed by atoms with Crippen LogP contribution in [-0.2, 0) is 0 Å². The van der Waals surface area contributed by atoms with Crippen molar-refractivity contribution in [3.05, 3.63) is 188 Å². The number of hydrogen-bond donors (Lipinski definition) is 0. The lowest BCUT2D eigenvalue weighted by Gasteiger charge is -2.12. The Morgan fingerprint density at radius 1 is 0.302 bits per heavy atom. The zero-order valence-electron chi connectivity index (χ0n) is 28.6. The largest absolute Gasteiger partial charge is 0.292 e. The maximum Gasteiger partial charge on any atom is 0.164 e. The predicted molar refractivity (Wildman–Crippen MR) is 217 cm³/mol. The molecule has 10 aromatic rings. The summed E-state index contributed by atoms with van der Waals surface area (Å²) in [6.45, 7) is 0. The zero-order chi connectivity index (χ0) is 35.1. The van der Waals surface area contributed by atoms with Crippen molar-refractivity contribution >= 4 is 32.6 Å². The van der Waals surface area contributed by atoms with Crippen LogP contribution in [0, 0.1) is 0 Å². The van der Waals surface area contributed by atoms with E-state index >= 15 is 0 Å². The van der Waals surface area contributed by atoms with Crippen molar-refractivity contribution in [2.75, 3.05) is 0 Å². The Morgan fingerprint density at radius 2 is 0.755 bits per heavy atom. The molecule has 0 spiro atoms. The number of imidazole rings is 1. The van der Waals surface area contributed by atoms with Crippen LogP contribution < -0.4 is 0 Å². The molecule has 0 aliphatic rings. The van der Waals surface area contributed by atoms with E-state index in [0.717, 1.165) is 55.6 Å². The van der Waals surface area contributed by atoms with Crippen LogP contribution >= 0.6 is 0 Å². The van der Waals surface area contributed by atoms with Crippen LogP contribution in [0.15, 0.2) is 188 Å². The average molecular weight is 678 g/mol. The highest BCUT2D eigenvalue weighted by Gasteiger charge is 2.17. The second kappa shape index (κ2) is 12.8. The highest BCUT2D eigenvalue weighted by atomic mass is 15.1. The average Bonchev–Trinajstić information content (AvgIpc) is 3.63. The molecule has 0 unspecified atom stereocenters. The fourth-order valence-corrected chi connectivity index (χ4v) is 7.10. The molecule has 0 saturated heterocycles. The van der Waals surface area contributed by atoms with Gasteiger partial charge in [0.2, 0.25) is 0 Å². The van der Waals surface area contributed by atoms with Crippen LogP contribution in [0.5, 0.6) is 0 Å². The molecule has 0 N–H and O–H groups in total. The summed E-state index contributed by atoms with van der Waals surface area (Å²) in [6, 6.07) is 65.2. The first-order valence-electron chi connectivity index (χ1n) is 17.7. The van der Waals surface area contributed by atoms with E-state index in [4.69, 9.17) is 19.9 Å². The van der Waals surface area contributed by atoms with E-state index in [-0.39, 0.29) is 0 Å². The number of benzene rings is 8. The molecule has 0 saturated carbocycles. The minimum Gasteiger partial charge on any atom is -0.292 e. The molecule has 0 atom stereocenters. The molecule has 2 heterocycles. The van der Waals surface area contributed by atoms with Crippen molar-refractivity contribution in [3.63, 3.8) is 0 Å². The second-order valence-corrected chi connectivity index (χ2v) is 13.2. The molecule has 5 nitrogen and oxygen atoms in total. The third-order valence-electron chi connectivity index (χ3n) is 9.85. The maximum atomic E-state index is 5.11. The lowest BCUT2D eigenvalue weighted by molar-refractivity contribution is 1.07. The highest BCUT2D eigenvalue weighted by molar-refractivity contribution is 5.89. The van der Waals surface area contributed by atoms with Gasteiger partial charge >= 0.3 is 0 Å². The van der Waals surface area contributed by atoms with Gasteiger partial charge in [0.25, 0.3) is 0 Å². The molecule has 10 rings (SSSR count). The van der Waals surface area contributed by atoms with Crippen LogP contribution in [0.2, 0.25) is 0 Å². The van der Waals surface area contributed by atoms with E-state index in [1.807, 2.05) is 12.1 Å². The minimum absolute atomic E-state index is 0.616. The van der Waals surface area contributed by atoms with Crippen molar-refractivity contribution in [3.8, 4) is 62.4 Å². The lowest BCUT2D eigenvalue weighted by atomic mass is 10.0. The molecular weight excluding hydrogens is 647 g/mol.